The van der Waals surface area contributed by atoms with Gasteiger partial charge in [0.15, 0.2) is 0 Å². The number of nitrogens with one attached hydrogen (secondary N) is 1. The molecule has 0 unspecified atom stereocenters. The summed E-state index contributed by atoms with van der Waals surface area (Å²) < 4.78 is 12.3. The quantitative estimate of drug-likeness (QED) is 0.782. The van der Waals surface area contributed by atoms with Gasteiger partial charge in [-0.25, -0.2) is 4.39 Å². The van der Waals surface area contributed by atoms with Gasteiger partial charge in [0.1, 0.15) is 6.67 Å². The first kappa shape index (κ1) is 10.4. The van der Waals surface area contributed by atoms with Crippen LogP contribution >= 0.6 is 0 Å². The zero-order chi connectivity index (χ0) is 10.5. The molecule has 0 amide bonds. The van der Waals surface area contributed by atoms with E-state index in [2.05, 4.69) is 11.4 Å². The second-order valence-corrected chi connectivity index (χ2v) is 3.93. The van der Waals surface area contributed by atoms with E-state index in [1.54, 1.807) is 0 Å². The molecule has 1 aromatic rings. The van der Waals surface area contributed by atoms with Crippen molar-refractivity contribution in [3.8, 4) is 0 Å². The zero-order valence-corrected chi connectivity index (χ0v) is 8.80. The highest BCUT2D eigenvalue weighted by molar-refractivity contribution is 5.53. The minimum absolute atomic E-state index is 0.374. The summed E-state index contributed by atoms with van der Waals surface area (Å²) in [5.74, 6) is 0. The molecule has 2 heteroatoms. The number of piperidine rings is 1. The lowest BCUT2D eigenvalue weighted by Crippen LogP contribution is -2.22. The lowest BCUT2D eigenvalue weighted by molar-refractivity contribution is 0.485. The molecule has 15 heavy (non-hydrogen) atoms. The molecule has 1 N–H and O–H groups in total. The highest BCUT2D eigenvalue weighted by Gasteiger charge is 2.03. The lowest BCUT2D eigenvalue weighted by atomic mass is 10.0. The van der Waals surface area contributed by atoms with Crippen molar-refractivity contribution in [3.63, 3.8) is 0 Å². The SMILES string of the molecule is FCc1ccc(C=C2CCNCC2)cc1. The van der Waals surface area contributed by atoms with Crippen LogP contribution in [-0.2, 0) is 6.67 Å². The first-order chi connectivity index (χ1) is 7.38. The molecule has 0 radical (unpaired) electrons. The highest BCUT2D eigenvalue weighted by atomic mass is 19.1. The van der Waals surface area contributed by atoms with Crippen LogP contribution in [0.2, 0.25) is 0 Å². The predicted molar refractivity (Wildman–Crippen MR) is 61.3 cm³/mol. The predicted octanol–water partition coefficient (Wildman–Crippen LogP) is 2.92. The molecule has 1 nitrogen and oxygen atoms in total. The van der Waals surface area contributed by atoms with Crippen LogP contribution in [0.5, 0.6) is 0 Å². The molecule has 1 saturated heterocycles. The van der Waals surface area contributed by atoms with E-state index in [4.69, 9.17) is 0 Å². The summed E-state index contributed by atoms with van der Waals surface area (Å²) in [4.78, 5) is 0. The first-order valence-corrected chi connectivity index (χ1v) is 5.43. The maximum absolute atomic E-state index is 12.3. The molecule has 0 spiro atoms. The molecule has 1 heterocycles. The van der Waals surface area contributed by atoms with Gasteiger partial charge in [0, 0.05) is 0 Å². The third-order valence-corrected chi connectivity index (χ3v) is 2.75. The third kappa shape index (κ3) is 2.90. The zero-order valence-electron chi connectivity index (χ0n) is 8.80. The summed E-state index contributed by atoms with van der Waals surface area (Å²) >= 11 is 0. The van der Waals surface area contributed by atoms with Gasteiger partial charge in [0.05, 0.1) is 0 Å². The van der Waals surface area contributed by atoms with Crippen molar-refractivity contribution in [2.24, 2.45) is 0 Å². The first-order valence-electron chi connectivity index (χ1n) is 5.43. The Bertz CT molecular complexity index is 332. The van der Waals surface area contributed by atoms with E-state index in [1.807, 2.05) is 24.3 Å². The minimum atomic E-state index is -0.374. The van der Waals surface area contributed by atoms with Crippen molar-refractivity contribution in [2.75, 3.05) is 13.1 Å². The van der Waals surface area contributed by atoms with E-state index < -0.39 is 0 Å². The van der Waals surface area contributed by atoms with Gasteiger partial charge < -0.3 is 5.32 Å². The molecule has 1 fully saturated rings. The van der Waals surface area contributed by atoms with E-state index >= 15 is 0 Å². The molecule has 0 bridgehead atoms. The fourth-order valence-electron chi connectivity index (χ4n) is 1.83. The van der Waals surface area contributed by atoms with Crippen molar-refractivity contribution < 1.29 is 4.39 Å². The maximum Gasteiger partial charge on any atom is 0.115 e. The fourth-order valence-corrected chi connectivity index (χ4v) is 1.83. The van der Waals surface area contributed by atoms with Gasteiger partial charge >= 0.3 is 0 Å². The molecule has 0 aromatic heterocycles. The molecule has 2 rings (SSSR count). The van der Waals surface area contributed by atoms with Crippen LogP contribution in [0.4, 0.5) is 4.39 Å². The molecular formula is C13H16FN. The molecule has 1 aromatic carbocycles. The van der Waals surface area contributed by atoms with Gasteiger partial charge in [0.25, 0.3) is 0 Å². The summed E-state index contributed by atoms with van der Waals surface area (Å²) in [6.45, 7) is 1.78. The Morgan fingerprint density at radius 3 is 2.40 bits per heavy atom. The van der Waals surface area contributed by atoms with E-state index in [0.29, 0.717) is 0 Å². The van der Waals surface area contributed by atoms with Gasteiger partial charge in [-0.15, -0.1) is 0 Å². The largest absolute Gasteiger partial charge is 0.316 e. The van der Waals surface area contributed by atoms with E-state index in [0.717, 1.165) is 31.5 Å². The summed E-state index contributed by atoms with van der Waals surface area (Å²) in [6, 6.07) is 7.69. The molecule has 0 atom stereocenters. The van der Waals surface area contributed by atoms with Crippen molar-refractivity contribution in [1.82, 2.24) is 5.32 Å². The van der Waals surface area contributed by atoms with Gasteiger partial charge in [0.2, 0.25) is 0 Å². The number of hydrogen-bond acceptors (Lipinski definition) is 1. The standard InChI is InChI=1S/C13H16FN/c14-10-13-3-1-11(2-4-13)9-12-5-7-15-8-6-12/h1-4,9,15H,5-8,10H2. The normalized spacial score (nSPS) is 16.5. The minimum Gasteiger partial charge on any atom is -0.316 e. The second kappa shape index (κ2) is 5.08. The molecule has 1 aliphatic rings. The van der Waals surface area contributed by atoms with E-state index in [9.17, 15) is 4.39 Å². The summed E-state index contributed by atoms with van der Waals surface area (Å²) in [6.07, 6.45) is 4.48. The van der Waals surface area contributed by atoms with Crippen LogP contribution in [0, 0.1) is 0 Å². The van der Waals surface area contributed by atoms with Crippen LogP contribution in [-0.4, -0.2) is 13.1 Å². The maximum atomic E-state index is 12.3. The summed E-state index contributed by atoms with van der Waals surface area (Å²) in [5, 5.41) is 3.33. The van der Waals surface area contributed by atoms with Gasteiger partial charge in [-0.2, -0.15) is 0 Å². The Morgan fingerprint density at radius 1 is 1.13 bits per heavy atom. The Balaban J connectivity index is 2.08. The average molecular weight is 205 g/mol. The summed E-state index contributed by atoms with van der Waals surface area (Å²) in [7, 11) is 0. The van der Waals surface area contributed by atoms with Crippen molar-refractivity contribution in [2.45, 2.75) is 19.5 Å². The Kier molecular flexibility index (Phi) is 3.51. The van der Waals surface area contributed by atoms with Crippen molar-refractivity contribution in [1.29, 1.82) is 0 Å². The van der Waals surface area contributed by atoms with Crippen LogP contribution in [0.1, 0.15) is 24.0 Å². The number of benzene rings is 1. The van der Waals surface area contributed by atoms with Crippen LogP contribution in [0.25, 0.3) is 6.08 Å². The lowest BCUT2D eigenvalue weighted by Gasteiger charge is -2.15. The van der Waals surface area contributed by atoms with Crippen LogP contribution in [0.15, 0.2) is 29.8 Å². The number of rotatable bonds is 2. The number of hydrogen-bond donors (Lipinski definition) is 1. The van der Waals surface area contributed by atoms with Crippen LogP contribution < -0.4 is 5.32 Å². The fraction of sp³-hybridized carbons (Fsp3) is 0.385. The molecule has 1 aliphatic heterocycles. The smallest absolute Gasteiger partial charge is 0.115 e. The van der Waals surface area contributed by atoms with Gasteiger partial charge in [-0.3, -0.25) is 0 Å². The number of halogens is 1. The summed E-state index contributed by atoms with van der Waals surface area (Å²) in [5.41, 5.74) is 3.42. The van der Waals surface area contributed by atoms with Gasteiger partial charge in [-0.05, 0) is 37.1 Å². The molecule has 0 aliphatic carbocycles. The monoisotopic (exact) mass is 205 g/mol. The topological polar surface area (TPSA) is 12.0 Å². The van der Waals surface area contributed by atoms with Crippen LogP contribution in [0.3, 0.4) is 0 Å². The molecule has 0 saturated carbocycles. The van der Waals surface area contributed by atoms with Gasteiger partial charge in [-0.1, -0.05) is 35.9 Å². The van der Waals surface area contributed by atoms with E-state index in [-0.39, 0.29) is 6.67 Å². The highest BCUT2D eigenvalue weighted by Crippen LogP contribution is 2.16. The second-order valence-electron chi connectivity index (χ2n) is 3.93. The molecular weight excluding hydrogens is 189 g/mol. The Hall–Kier alpha value is -1.15. The number of alkyl halides is 1. The Labute approximate surface area is 90.0 Å². The Morgan fingerprint density at radius 2 is 1.80 bits per heavy atom. The average Bonchev–Trinajstić information content (AvgIpc) is 2.31. The third-order valence-electron chi connectivity index (χ3n) is 2.75. The van der Waals surface area contributed by atoms with Crippen molar-refractivity contribution in [3.05, 3.63) is 41.0 Å². The van der Waals surface area contributed by atoms with E-state index in [1.165, 1.54) is 11.1 Å². The molecule has 80 valence electrons. The van der Waals surface area contributed by atoms with Crippen molar-refractivity contribution >= 4 is 6.08 Å².